The maximum atomic E-state index is 11.7. The van der Waals surface area contributed by atoms with E-state index in [0.717, 1.165) is 37.7 Å². The summed E-state index contributed by atoms with van der Waals surface area (Å²) in [4.78, 5) is 25.1. The zero-order chi connectivity index (χ0) is 19.9. The van der Waals surface area contributed by atoms with E-state index in [0.29, 0.717) is 11.7 Å². The second kappa shape index (κ2) is 9.28. The molecule has 2 heterocycles. The number of hydrogen-bond donors (Lipinski definition) is 0. The summed E-state index contributed by atoms with van der Waals surface area (Å²) in [5.41, 5.74) is 2.55. The van der Waals surface area contributed by atoms with E-state index >= 15 is 0 Å². The number of allylic oxidation sites excluding steroid dienone is 1. The fourth-order valence-electron chi connectivity index (χ4n) is 3.34. The molecule has 1 aromatic carbocycles. The van der Waals surface area contributed by atoms with Gasteiger partial charge in [0.2, 0.25) is 0 Å². The van der Waals surface area contributed by atoms with E-state index in [9.17, 15) is 4.79 Å². The number of esters is 1. The lowest BCUT2D eigenvalue weighted by Crippen LogP contribution is -2.47. The number of anilines is 1. The van der Waals surface area contributed by atoms with Gasteiger partial charge in [0, 0.05) is 38.4 Å². The van der Waals surface area contributed by atoms with Crippen molar-refractivity contribution < 1.29 is 9.53 Å². The Balaban J connectivity index is 1.61. The van der Waals surface area contributed by atoms with Gasteiger partial charge in [-0.15, -0.1) is 0 Å². The fourth-order valence-corrected chi connectivity index (χ4v) is 3.34. The Kier molecular flexibility index (Phi) is 6.55. The fraction of sp³-hybridized carbons (Fsp3) is 0.318. The third-order valence-electron chi connectivity index (χ3n) is 5.02. The minimum absolute atomic E-state index is 0.328. The largest absolute Gasteiger partial charge is 0.464 e. The second-order valence-electron chi connectivity index (χ2n) is 6.68. The third kappa shape index (κ3) is 4.64. The summed E-state index contributed by atoms with van der Waals surface area (Å²) >= 11 is 0. The highest BCUT2D eigenvalue weighted by atomic mass is 16.5. The standard InChI is InChI=1S/C22H26N4O2/c1-4-12-23-19-10-8-18(9-11-19)17(2)25-13-15-26(16-14-25)21-7-5-6-20(24-21)22(27)28-3/h4-12,17H,1,13-16H2,2-3H3/b23-12-. The number of rotatable bonds is 6. The van der Waals surface area contributed by atoms with E-state index in [-0.39, 0.29) is 0 Å². The Labute approximate surface area is 166 Å². The first-order valence-corrected chi connectivity index (χ1v) is 9.42. The summed E-state index contributed by atoms with van der Waals surface area (Å²) < 4.78 is 4.76. The molecule has 28 heavy (non-hydrogen) atoms. The molecule has 6 nitrogen and oxygen atoms in total. The van der Waals surface area contributed by atoms with E-state index in [4.69, 9.17) is 4.74 Å². The van der Waals surface area contributed by atoms with Crippen LogP contribution < -0.4 is 4.90 Å². The van der Waals surface area contributed by atoms with Crippen molar-refractivity contribution in [3.8, 4) is 0 Å². The Bertz CT molecular complexity index is 840. The number of piperazine rings is 1. The van der Waals surface area contributed by atoms with Crippen LogP contribution in [0, 0.1) is 0 Å². The van der Waals surface area contributed by atoms with Crippen LogP contribution >= 0.6 is 0 Å². The Hall–Kier alpha value is -2.99. The van der Waals surface area contributed by atoms with Crippen molar-refractivity contribution in [2.75, 3.05) is 38.2 Å². The highest BCUT2D eigenvalue weighted by Gasteiger charge is 2.23. The molecule has 2 aromatic rings. The first kappa shape index (κ1) is 19.8. The van der Waals surface area contributed by atoms with Gasteiger partial charge in [0.25, 0.3) is 0 Å². The zero-order valence-corrected chi connectivity index (χ0v) is 16.4. The number of carbonyl (C=O) groups is 1. The van der Waals surface area contributed by atoms with Crippen LogP contribution in [0.3, 0.4) is 0 Å². The number of aromatic nitrogens is 1. The number of nitrogens with zero attached hydrogens (tertiary/aromatic N) is 4. The lowest BCUT2D eigenvalue weighted by molar-refractivity contribution is 0.0594. The van der Waals surface area contributed by atoms with Gasteiger partial charge in [0.15, 0.2) is 5.69 Å². The molecule has 146 valence electrons. The summed E-state index contributed by atoms with van der Waals surface area (Å²) in [6.45, 7) is 9.46. The number of ether oxygens (including phenoxy) is 1. The van der Waals surface area contributed by atoms with Crippen molar-refractivity contribution in [1.29, 1.82) is 0 Å². The first-order chi connectivity index (χ1) is 13.6. The maximum Gasteiger partial charge on any atom is 0.356 e. The van der Waals surface area contributed by atoms with E-state index < -0.39 is 5.97 Å². The van der Waals surface area contributed by atoms with Crippen molar-refractivity contribution in [1.82, 2.24) is 9.88 Å². The number of aliphatic imine (C=N–C) groups is 1. The lowest BCUT2D eigenvalue weighted by atomic mass is 10.1. The topological polar surface area (TPSA) is 58.0 Å². The van der Waals surface area contributed by atoms with Crippen molar-refractivity contribution in [2.45, 2.75) is 13.0 Å². The molecule has 0 saturated carbocycles. The van der Waals surface area contributed by atoms with Crippen LogP contribution in [0.4, 0.5) is 11.5 Å². The molecule has 6 heteroatoms. The Morgan fingerprint density at radius 2 is 1.89 bits per heavy atom. The van der Waals surface area contributed by atoms with Gasteiger partial charge in [-0.1, -0.05) is 30.9 Å². The monoisotopic (exact) mass is 378 g/mol. The molecule has 0 N–H and O–H groups in total. The average Bonchev–Trinajstić information content (AvgIpc) is 2.77. The molecule has 1 saturated heterocycles. The summed E-state index contributed by atoms with van der Waals surface area (Å²) in [5.74, 6) is 0.412. The molecule has 1 unspecified atom stereocenters. The molecule has 1 aromatic heterocycles. The molecular formula is C22H26N4O2. The van der Waals surface area contributed by atoms with Gasteiger partial charge in [0.05, 0.1) is 12.8 Å². The summed E-state index contributed by atoms with van der Waals surface area (Å²) in [7, 11) is 1.37. The predicted molar refractivity (Wildman–Crippen MR) is 113 cm³/mol. The van der Waals surface area contributed by atoms with Gasteiger partial charge < -0.3 is 9.64 Å². The van der Waals surface area contributed by atoms with Crippen LogP contribution in [0.25, 0.3) is 0 Å². The number of hydrogen-bond acceptors (Lipinski definition) is 6. The van der Waals surface area contributed by atoms with Crippen LogP contribution in [0.2, 0.25) is 0 Å². The summed E-state index contributed by atoms with van der Waals surface area (Å²) in [6.07, 6.45) is 3.37. The molecule has 1 aliphatic heterocycles. The van der Waals surface area contributed by atoms with Gasteiger partial charge in [-0.2, -0.15) is 0 Å². The molecule has 0 aliphatic carbocycles. The molecular weight excluding hydrogens is 352 g/mol. The van der Waals surface area contributed by atoms with Crippen LogP contribution in [0.5, 0.6) is 0 Å². The zero-order valence-electron chi connectivity index (χ0n) is 16.4. The number of benzene rings is 1. The Morgan fingerprint density at radius 3 is 2.54 bits per heavy atom. The van der Waals surface area contributed by atoms with Crippen molar-refractivity contribution >= 4 is 23.7 Å². The normalized spacial score (nSPS) is 16.1. The van der Waals surface area contributed by atoms with E-state index in [1.807, 2.05) is 24.3 Å². The maximum absolute atomic E-state index is 11.7. The molecule has 1 aliphatic rings. The molecule has 1 fully saturated rings. The van der Waals surface area contributed by atoms with Gasteiger partial charge in [-0.3, -0.25) is 9.89 Å². The number of pyridine rings is 1. The van der Waals surface area contributed by atoms with Crippen LogP contribution in [0.1, 0.15) is 29.0 Å². The summed E-state index contributed by atoms with van der Waals surface area (Å²) in [5, 5.41) is 0. The predicted octanol–water partition coefficient (Wildman–Crippen LogP) is 3.64. The lowest BCUT2D eigenvalue weighted by Gasteiger charge is -2.38. The average molecular weight is 378 g/mol. The highest BCUT2D eigenvalue weighted by molar-refractivity contribution is 5.87. The van der Waals surface area contributed by atoms with Crippen molar-refractivity contribution in [2.24, 2.45) is 4.99 Å². The molecule has 0 spiro atoms. The van der Waals surface area contributed by atoms with Crippen LogP contribution in [-0.2, 0) is 4.74 Å². The van der Waals surface area contributed by atoms with E-state index in [2.05, 4.69) is 45.4 Å². The summed E-state index contributed by atoms with van der Waals surface area (Å²) in [6, 6.07) is 14.1. The highest BCUT2D eigenvalue weighted by Crippen LogP contribution is 2.25. The van der Waals surface area contributed by atoms with E-state index in [1.165, 1.54) is 12.7 Å². The van der Waals surface area contributed by atoms with Crippen LogP contribution in [-0.4, -0.2) is 55.4 Å². The molecule has 0 amide bonds. The van der Waals surface area contributed by atoms with Crippen molar-refractivity contribution in [3.05, 3.63) is 66.4 Å². The van der Waals surface area contributed by atoms with Gasteiger partial charge in [-0.25, -0.2) is 9.78 Å². The molecule has 0 radical (unpaired) electrons. The van der Waals surface area contributed by atoms with Gasteiger partial charge in [-0.05, 0) is 36.8 Å². The quantitative estimate of drug-likeness (QED) is 0.567. The van der Waals surface area contributed by atoms with Crippen molar-refractivity contribution in [3.63, 3.8) is 0 Å². The first-order valence-electron chi connectivity index (χ1n) is 9.42. The molecule has 3 rings (SSSR count). The van der Waals surface area contributed by atoms with Crippen LogP contribution in [0.15, 0.2) is 60.1 Å². The Morgan fingerprint density at radius 1 is 1.18 bits per heavy atom. The molecule has 1 atom stereocenters. The molecule has 0 bridgehead atoms. The second-order valence-corrected chi connectivity index (χ2v) is 6.68. The smallest absolute Gasteiger partial charge is 0.356 e. The minimum atomic E-state index is -0.407. The number of carbonyl (C=O) groups excluding carboxylic acids is 1. The third-order valence-corrected chi connectivity index (χ3v) is 5.02. The van der Waals surface area contributed by atoms with Gasteiger partial charge >= 0.3 is 5.97 Å². The number of methoxy groups -OCH3 is 1. The SMILES string of the molecule is C=C/C=N\c1ccc(C(C)N2CCN(c3cccc(C(=O)OC)n3)CC2)cc1. The minimum Gasteiger partial charge on any atom is -0.464 e. The van der Waals surface area contributed by atoms with E-state index in [1.54, 1.807) is 18.4 Å². The van der Waals surface area contributed by atoms with Gasteiger partial charge in [0.1, 0.15) is 5.82 Å².